The number of ether oxygens (including phenoxy) is 2. The first-order chi connectivity index (χ1) is 11.2. The molecule has 3 N–H and O–H groups in total. The lowest BCUT2D eigenvalue weighted by Crippen LogP contribution is -2.34. The van der Waals surface area contributed by atoms with Crippen molar-refractivity contribution in [3.63, 3.8) is 0 Å². The van der Waals surface area contributed by atoms with Gasteiger partial charge in [0.25, 0.3) is 0 Å². The SMILES string of the molecule is NC1CCC(C(=O)NC(c2ccc3c(c2)OCCO3)C2CC2)C1. The summed E-state index contributed by atoms with van der Waals surface area (Å²) < 4.78 is 11.3. The minimum Gasteiger partial charge on any atom is -0.486 e. The van der Waals surface area contributed by atoms with Gasteiger partial charge in [-0.2, -0.15) is 0 Å². The maximum absolute atomic E-state index is 12.6. The highest BCUT2D eigenvalue weighted by Crippen LogP contribution is 2.43. The average Bonchev–Trinajstić information content (AvgIpc) is 3.32. The topological polar surface area (TPSA) is 73.6 Å². The molecule has 23 heavy (non-hydrogen) atoms. The molecular weight excluding hydrogens is 292 g/mol. The maximum Gasteiger partial charge on any atom is 0.223 e. The second-order valence-corrected chi connectivity index (χ2v) is 7.00. The Balaban J connectivity index is 1.50. The molecule has 0 spiro atoms. The van der Waals surface area contributed by atoms with Crippen LogP contribution in [0.15, 0.2) is 18.2 Å². The third-order valence-corrected chi connectivity index (χ3v) is 5.16. The molecule has 2 saturated carbocycles. The third kappa shape index (κ3) is 3.15. The fourth-order valence-corrected chi connectivity index (χ4v) is 3.68. The van der Waals surface area contributed by atoms with E-state index in [4.69, 9.17) is 15.2 Å². The van der Waals surface area contributed by atoms with Gasteiger partial charge in [0, 0.05) is 12.0 Å². The summed E-state index contributed by atoms with van der Waals surface area (Å²) in [6.07, 6.45) is 5.01. The zero-order valence-corrected chi connectivity index (χ0v) is 13.3. The summed E-state index contributed by atoms with van der Waals surface area (Å²) in [5.74, 6) is 2.35. The molecule has 0 radical (unpaired) electrons. The van der Waals surface area contributed by atoms with E-state index in [1.165, 1.54) is 12.8 Å². The van der Waals surface area contributed by atoms with Crippen LogP contribution in [0.2, 0.25) is 0 Å². The van der Waals surface area contributed by atoms with Crippen molar-refractivity contribution >= 4 is 5.91 Å². The van der Waals surface area contributed by atoms with Crippen molar-refractivity contribution in [2.75, 3.05) is 13.2 Å². The Morgan fingerprint density at radius 3 is 2.61 bits per heavy atom. The maximum atomic E-state index is 12.6. The van der Waals surface area contributed by atoms with Crippen molar-refractivity contribution in [3.8, 4) is 11.5 Å². The Morgan fingerprint density at radius 2 is 1.91 bits per heavy atom. The van der Waals surface area contributed by atoms with Crippen LogP contribution in [0.4, 0.5) is 0 Å². The van der Waals surface area contributed by atoms with Crippen molar-refractivity contribution in [1.29, 1.82) is 0 Å². The highest BCUT2D eigenvalue weighted by atomic mass is 16.6. The Kier molecular flexibility index (Phi) is 3.89. The van der Waals surface area contributed by atoms with Crippen molar-refractivity contribution in [1.82, 2.24) is 5.32 Å². The normalized spacial score (nSPS) is 27.5. The quantitative estimate of drug-likeness (QED) is 0.892. The van der Waals surface area contributed by atoms with Gasteiger partial charge in [-0.15, -0.1) is 0 Å². The Morgan fingerprint density at radius 1 is 1.13 bits per heavy atom. The van der Waals surface area contributed by atoms with Crippen LogP contribution in [0.25, 0.3) is 0 Å². The van der Waals surface area contributed by atoms with Crippen molar-refractivity contribution < 1.29 is 14.3 Å². The lowest BCUT2D eigenvalue weighted by molar-refractivity contribution is -0.125. The lowest BCUT2D eigenvalue weighted by atomic mass is 9.99. The molecule has 0 bridgehead atoms. The summed E-state index contributed by atoms with van der Waals surface area (Å²) in [5.41, 5.74) is 7.06. The minimum absolute atomic E-state index is 0.0726. The molecule has 3 unspecified atom stereocenters. The van der Waals surface area contributed by atoms with Gasteiger partial charge in [0.15, 0.2) is 11.5 Å². The number of hydrogen-bond acceptors (Lipinski definition) is 4. The number of carbonyl (C=O) groups excluding carboxylic acids is 1. The minimum atomic E-state index is 0.0726. The summed E-state index contributed by atoms with van der Waals surface area (Å²) in [5, 5.41) is 3.27. The molecule has 124 valence electrons. The molecule has 2 aliphatic carbocycles. The fraction of sp³-hybridized carbons (Fsp3) is 0.611. The molecule has 5 nitrogen and oxygen atoms in total. The number of nitrogens with one attached hydrogen (secondary N) is 1. The van der Waals surface area contributed by atoms with E-state index in [1.807, 2.05) is 12.1 Å². The molecule has 1 aromatic rings. The van der Waals surface area contributed by atoms with Crippen LogP contribution < -0.4 is 20.5 Å². The van der Waals surface area contributed by atoms with Crippen molar-refractivity contribution in [2.24, 2.45) is 17.6 Å². The van der Waals surface area contributed by atoms with Crippen LogP contribution in [0.3, 0.4) is 0 Å². The number of benzene rings is 1. The molecule has 5 heteroatoms. The first-order valence-electron chi connectivity index (χ1n) is 8.66. The largest absolute Gasteiger partial charge is 0.486 e. The van der Waals surface area contributed by atoms with Gasteiger partial charge in [-0.1, -0.05) is 6.07 Å². The Labute approximate surface area is 136 Å². The van der Waals surface area contributed by atoms with Crippen LogP contribution in [0, 0.1) is 11.8 Å². The van der Waals surface area contributed by atoms with Gasteiger partial charge in [-0.05, 0) is 55.7 Å². The van der Waals surface area contributed by atoms with E-state index >= 15 is 0 Å². The number of amides is 1. The van der Waals surface area contributed by atoms with E-state index in [0.29, 0.717) is 19.1 Å². The molecule has 0 aromatic heterocycles. The van der Waals surface area contributed by atoms with Gasteiger partial charge < -0.3 is 20.5 Å². The monoisotopic (exact) mass is 316 g/mol. The fourth-order valence-electron chi connectivity index (χ4n) is 3.68. The summed E-state index contributed by atoms with van der Waals surface area (Å²) in [6.45, 7) is 1.17. The highest BCUT2D eigenvalue weighted by molar-refractivity contribution is 5.79. The van der Waals surface area contributed by atoms with E-state index in [1.54, 1.807) is 0 Å². The van der Waals surface area contributed by atoms with Crippen LogP contribution in [0.1, 0.15) is 43.7 Å². The Bertz CT molecular complexity index is 600. The third-order valence-electron chi connectivity index (χ3n) is 5.16. The van der Waals surface area contributed by atoms with Gasteiger partial charge in [-0.25, -0.2) is 0 Å². The average molecular weight is 316 g/mol. The van der Waals surface area contributed by atoms with Crippen LogP contribution in [0.5, 0.6) is 11.5 Å². The first-order valence-corrected chi connectivity index (χ1v) is 8.66. The standard InChI is InChI=1S/C18H24N2O3/c19-14-5-3-13(9-14)18(21)20-17(11-1-2-11)12-4-6-15-16(10-12)23-8-7-22-15/h4,6,10-11,13-14,17H,1-3,5,7-9,19H2,(H,20,21). The van der Waals surface area contributed by atoms with Gasteiger partial charge >= 0.3 is 0 Å². The van der Waals surface area contributed by atoms with Crippen LogP contribution in [-0.2, 0) is 4.79 Å². The van der Waals surface area contributed by atoms with Crippen molar-refractivity contribution in [2.45, 2.75) is 44.2 Å². The lowest BCUT2D eigenvalue weighted by Gasteiger charge is -2.24. The zero-order valence-electron chi connectivity index (χ0n) is 13.3. The van der Waals surface area contributed by atoms with E-state index < -0.39 is 0 Å². The second-order valence-electron chi connectivity index (χ2n) is 7.00. The summed E-state index contributed by atoms with van der Waals surface area (Å²) in [6, 6.07) is 6.29. The number of fused-ring (bicyclic) bond motifs is 1. The van der Waals surface area contributed by atoms with Crippen LogP contribution in [-0.4, -0.2) is 25.2 Å². The predicted octanol–water partition coefficient (Wildman–Crippen LogP) is 2.15. The molecule has 1 aromatic carbocycles. The zero-order chi connectivity index (χ0) is 15.8. The van der Waals surface area contributed by atoms with E-state index in [2.05, 4.69) is 11.4 Å². The predicted molar refractivity (Wildman–Crippen MR) is 86.4 cm³/mol. The molecule has 3 aliphatic rings. The number of carbonyl (C=O) groups is 1. The van der Waals surface area contributed by atoms with Crippen molar-refractivity contribution in [3.05, 3.63) is 23.8 Å². The molecule has 3 atom stereocenters. The highest BCUT2D eigenvalue weighted by Gasteiger charge is 2.36. The smallest absolute Gasteiger partial charge is 0.223 e. The van der Waals surface area contributed by atoms with E-state index in [9.17, 15) is 4.79 Å². The number of nitrogens with two attached hydrogens (primary N) is 1. The van der Waals surface area contributed by atoms with Gasteiger partial charge in [0.2, 0.25) is 5.91 Å². The first kappa shape index (κ1) is 14.8. The summed E-state index contributed by atoms with van der Waals surface area (Å²) in [4.78, 5) is 12.6. The molecule has 4 rings (SSSR count). The molecular formula is C18H24N2O3. The number of rotatable bonds is 4. The van der Waals surface area contributed by atoms with Gasteiger partial charge in [0.05, 0.1) is 6.04 Å². The molecule has 1 aliphatic heterocycles. The molecule has 1 heterocycles. The Hall–Kier alpha value is -1.75. The van der Waals surface area contributed by atoms with Crippen LogP contribution >= 0.6 is 0 Å². The molecule has 2 fully saturated rings. The molecule has 1 amide bonds. The summed E-state index contributed by atoms with van der Waals surface area (Å²) >= 11 is 0. The summed E-state index contributed by atoms with van der Waals surface area (Å²) in [7, 11) is 0. The van der Waals surface area contributed by atoms with E-state index in [0.717, 1.165) is 36.3 Å². The number of hydrogen-bond donors (Lipinski definition) is 2. The van der Waals surface area contributed by atoms with Gasteiger partial charge in [0.1, 0.15) is 13.2 Å². The molecule has 0 saturated heterocycles. The van der Waals surface area contributed by atoms with Gasteiger partial charge in [-0.3, -0.25) is 4.79 Å². The van der Waals surface area contributed by atoms with E-state index in [-0.39, 0.29) is 23.9 Å². The second kappa shape index (κ2) is 6.04.